The van der Waals surface area contributed by atoms with Gasteiger partial charge in [0.1, 0.15) is 5.82 Å². The van der Waals surface area contributed by atoms with Gasteiger partial charge in [-0.3, -0.25) is 14.9 Å². The first kappa shape index (κ1) is 23.1. The topological polar surface area (TPSA) is 92.5 Å². The van der Waals surface area contributed by atoms with E-state index in [1.165, 1.54) is 30.3 Å². The van der Waals surface area contributed by atoms with E-state index in [-0.39, 0.29) is 17.2 Å². The molecule has 1 aliphatic rings. The Morgan fingerprint density at radius 1 is 1.00 bits per heavy atom. The number of halogens is 3. The Balaban J connectivity index is 1.47. The highest BCUT2D eigenvalue weighted by Gasteiger charge is 2.30. The molecule has 0 bridgehead atoms. The van der Waals surface area contributed by atoms with Gasteiger partial charge in [0.25, 0.3) is 11.6 Å². The van der Waals surface area contributed by atoms with Crippen LogP contribution < -0.4 is 4.90 Å². The number of nitro groups is 1. The summed E-state index contributed by atoms with van der Waals surface area (Å²) < 4.78 is 38.5. The molecule has 0 N–H and O–H groups in total. The van der Waals surface area contributed by atoms with Gasteiger partial charge >= 0.3 is 6.18 Å². The molecule has 8 nitrogen and oxygen atoms in total. The molecular weight excluding hydrogens is 451 g/mol. The second kappa shape index (κ2) is 9.08. The van der Waals surface area contributed by atoms with Gasteiger partial charge in [0, 0.05) is 61.2 Å². The third-order valence-electron chi connectivity index (χ3n) is 5.51. The minimum absolute atomic E-state index is 0.142. The lowest BCUT2D eigenvalue weighted by molar-refractivity contribution is -0.384. The third-order valence-corrected chi connectivity index (χ3v) is 5.51. The van der Waals surface area contributed by atoms with Crippen LogP contribution in [-0.4, -0.2) is 51.9 Å². The Hall–Kier alpha value is -4.02. The quantitative estimate of drug-likeness (QED) is 0.415. The second-order valence-corrected chi connectivity index (χ2v) is 7.85. The Bertz CT molecular complexity index is 1220. The number of hydrogen-bond acceptors (Lipinski definition) is 6. The number of carbonyl (C=O) groups excluding carboxylic acids is 1. The largest absolute Gasteiger partial charge is 0.416 e. The summed E-state index contributed by atoms with van der Waals surface area (Å²) in [5.41, 5.74) is 0.503. The summed E-state index contributed by atoms with van der Waals surface area (Å²) in [7, 11) is 0. The van der Waals surface area contributed by atoms with Crippen molar-refractivity contribution in [3.05, 3.63) is 81.5 Å². The van der Waals surface area contributed by atoms with Crippen LogP contribution >= 0.6 is 0 Å². The van der Waals surface area contributed by atoms with E-state index < -0.39 is 16.7 Å². The Morgan fingerprint density at radius 3 is 2.29 bits per heavy atom. The molecule has 0 unspecified atom stereocenters. The van der Waals surface area contributed by atoms with E-state index in [1.807, 2.05) is 4.90 Å². The van der Waals surface area contributed by atoms with Crippen molar-refractivity contribution < 1.29 is 22.9 Å². The number of anilines is 1. The highest BCUT2D eigenvalue weighted by atomic mass is 19.4. The smallest absolute Gasteiger partial charge is 0.353 e. The summed E-state index contributed by atoms with van der Waals surface area (Å²) in [6.07, 6.45) is -4.42. The Labute approximate surface area is 192 Å². The zero-order chi connectivity index (χ0) is 24.5. The molecule has 1 saturated heterocycles. The molecule has 0 saturated carbocycles. The van der Waals surface area contributed by atoms with Gasteiger partial charge in [-0.25, -0.2) is 9.97 Å². The van der Waals surface area contributed by atoms with Crippen molar-refractivity contribution in [1.29, 1.82) is 0 Å². The summed E-state index contributed by atoms with van der Waals surface area (Å²) in [4.78, 5) is 35.7. The van der Waals surface area contributed by atoms with Gasteiger partial charge in [0.2, 0.25) is 0 Å². The number of benzene rings is 2. The monoisotopic (exact) mass is 471 g/mol. The normalized spacial score (nSPS) is 14.2. The molecule has 1 fully saturated rings. The second-order valence-electron chi connectivity index (χ2n) is 7.85. The molecule has 1 aliphatic heterocycles. The maximum atomic E-state index is 12.8. The molecule has 0 spiro atoms. The summed E-state index contributed by atoms with van der Waals surface area (Å²) in [6, 6.07) is 12.1. The molecular formula is C23H20F3N5O3. The highest BCUT2D eigenvalue weighted by molar-refractivity contribution is 5.95. The molecule has 34 heavy (non-hydrogen) atoms. The average Bonchev–Trinajstić information content (AvgIpc) is 2.83. The molecule has 2 heterocycles. The number of aryl methyl sites for hydroxylation is 1. The SMILES string of the molecule is Cc1cc(N2CCN(C(=O)c3cccc([N+](=O)[O-])c3)CC2)nc(-c2ccc(C(F)(F)F)cc2)n1. The van der Waals surface area contributed by atoms with E-state index in [0.29, 0.717) is 49.1 Å². The summed E-state index contributed by atoms with van der Waals surface area (Å²) in [6.45, 7) is 3.51. The van der Waals surface area contributed by atoms with Gasteiger partial charge in [-0.2, -0.15) is 13.2 Å². The van der Waals surface area contributed by atoms with E-state index in [4.69, 9.17) is 0 Å². The van der Waals surface area contributed by atoms with Gasteiger partial charge in [-0.15, -0.1) is 0 Å². The highest BCUT2D eigenvalue weighted by Crippen LogP contribution is 2.31. The minimum atomic E-state index is -4.42. The van der Waals surface area contributed by atoms with Crippen LogP contribution in [0, 0.1) is 17.0 Å². The number of rotatable bonds is 4. The minimum Gasteiger partial charge on any atom is -0.353 e. The van der Waals surface area contributed by atoms with Crippen LogP contribution in [0.5, 0.6) is 0 Å². The number of piperazine rings is 1. The van der Waals surface area contributed by atoms with Crippen LogP contribution in [0.4, 0.5) is 24.7 Å². The fourth-order valence-electron chi connectivity index (χ4n) is 3.73. The standard InChI is InChI=1S/C23H20F3N5O3/c1-15-13-20(28-21(27-15)16-5-7-18(8-6-16)23(24,25)26)29-9-11-30(12-10-29)22(32)17-3-2-4-19(14-17)31(33)34/h2-8,13-14H,9-12H2,1H3. The van der Waals surface area contributed by atoms with E-state index >= 15 is 0 Å². The Morgan fingerprint density at radius 2 is 1.68 bits per heavy atom. The van der Waals surface area contributed by atoms with Crippen molar-refractivity contribution >= 4 is 17.4 Å². The van der Waals surface area contributed by atoms with E-state index in [0.717, 1.165) is 12.1 Å². The lowest BCUT2D eigenvalue weighted by Crippen LogP contribution is -2.49. The number of alkyl halides is 3. The number of carbonyl (C=O) groups is 1. The summed E-state index contributed by atoms with van der Waals surface area (Å²) >= 11 is 0. The number of aromatic nitrogens is 2. The van der Waals surface area contributed by atoms with Crippen molar-refractivity contribution in [1.82, 2.24) is 14.9 Å². The average molecular weight is 471 g/mol. The first-order valence-electron chi connectivity index (χ1n) is 10.4. The number of hydrogen-bond donors (Lipinski definition) is 0. The van der Waals surface area contributed by atoms with Crippen molar-refractivity contribution in [2.45, 2.75) is 13.1 Å². The van der Waals surface area contributed by atoms with Crippen LogP contribution in [0.25, 0.3) is 11.4 Å². The van der Waals surface area contributed by atoms with Crippen molar-refractivity contribution in [2.75, 3.05) is 31.1 Å². The van der Waals surface area contributed by atoms with Crippen molar-refractivity contribution in [3.8, 4) is 11.4 Å². The molecule has 3 aromatic rings. The number of non-ortho nitro benzene ring substituents is 1. The molecule has 0 aliphatic carbocycles. The van der Waals surface area contributed by atoms with E-state index in [9.17, 15) is 28.1 Å². The van der Waals surface area contributed by atoms with Gasteiger partial charge in [-0.05, 0) is 25.1 Å². The first-order chi connectivity index (χ1) is 16.1. The fraction of sp³-hybridized carbons (Fsp3) is 0.261. The lowest BCUT2D eigenvalue weighted by atomic mass is 10.1. The molecule has 2 aromatic carbocycles. The first-order valence-corrected chi connectivity index (χ1v) is 10.4. The van der Waals surface area contributed by atoms with Crippen LogP contribution in [0.3, 0.4) is 0 Å². The maximum Gasteiger partial charge on any atom is 0.416 e. The fourth-order valence-corrected chi connectivity index (χ4v) is 3.73. The summed E-state index contributed by atoms with van der Waals surface area (Å²) in [5, 5.41) is 11.0. The van der Waals surface area contributed by atoms with Gasteiger partial charge < -0.3 is 9.80 Å². The zero-order valence-corrected chi connectivity index (χ0v) is 18.1. The van der Waals surface area contributed by atoms with Crippen LogP contribution in [0.15, 0.2) is 54.6 Å². The summed E-state index contributed by atoms with van der Waals surface area (Å²) in [5.74, 6) is 0.649. The predicted octanol–water partition coefficient (Wildman–Crippen LogP) is 4.34. The van der Waals surface area contributed by atoms with Crippen LogP contribution in [0.1, 0.15) is 21.6 Å². The maximum absolute atomic E-state index is 12.8. The van der Waals surface area contributed by atoms with Crippen LogP contribution in [0.2, 0.25) is 0 Å². The molecule has 1 amide bonds. The predicted molar refractivity (Wildman–Crippen MR) is 118 cm³/mol. The number of amides is 1. The third kappa shape index (κ3) is 4.98. The molecule has 0 radical (unpaired) electrons. The van der Waals surface area contributed by atoms with Gasteiger partial charge in [0.05, 0.1) is 10.5 Å². The van der Waals surface area contributed by atoms with Crippen molar-refractivity contribution in [3.63, 3.8) is 0 Å². The molecule has 176 valence electrons. The lowest BCUT2D eigenvalue weighted by Gasteiger charge is -2.35. The molecule has 11 heteroatoms. The number of nitrogens with zero attached hydrogens (tertiary/aromatic N) is 5. The Kier molecular flexibility index (Phi) is 6.18. The van der Waals surface area contributed by atoms with Gasteiger partial charge in [0.15, 0.2) is 5.82 Å². The zero-order valence-electron chi connectivity index (χ0n) is 18.1. The molecule has 4 rings (SSSR count). The van der Waals surface area contributed by atoms with E-state index in [2.05, 4.69) is 9.97 Å². The van der Waals surface area contributed by atoms with E-state index in [1.54, 1.807) is 24.0 Å². The molecule has 1 aromatic heterocycles. The number of nitro benzene ring substituents is 1. The molecule has 0 atom stereocenters. The van der Waals surface area contributed by atoms with Crippen molar-refractivity contribution in [2.24, 2.45) is 0 Å². The van der Waals surface area contributed by atoms with Crippen LogP contribution in [-0.2, 0) is 6.18 Å². The van der Waals surface area contributed by atoms with Gasteiger partial charge in [-0.1, -0.05) is 18.2 Å².